The smallest absolute Gasteiger partial charge is 0.192 e. The molecule has 0 spiro atoms. The van der Waals surface area contributed by atoms with Gasteiger partial charge in [0.05, 0.1) is 26.4 Å². The Kier molecular flexibility index (Phi) is 8.23. The highest BCUT2D eigenvalue weighted by molar-refractivity contribution is 6.74. The molecule has 0 aromatic heterocycles. The van der Waals surface area contributed by atoms with Gasteiger partial charge in [-0.1, -0.05) is 45.1 Å². The molecule has 1 aliphatic heterocycles. The number of ether oxygens (including phenoxy) is 3. The monoisotopic (exact) mass is 420 g/mol. The van der Waals surface area contributed by atoms with Gasteiger partial charge in [0.2, 0.25) is 0 Å². The first-order chi connectivity index (χ1) is 13.5. The predicted octanol–water partition coefficient (Wildman–Crippen LogP) is 4.90. The van der Waals surface area contributed by atoms with E-state index in [0.717, 1.165) is 11.3 Å². The lowest BCUT2D eigenvalue weighted by Gasteiger charge is -2.39. The predicted molar refractivity (Wildman–Crippen MR) is 118 cm³/mol. The third kappa shape index (κ3) is 7.06. The molecule has 0 saturated carbocycles. The summed E-state index contributed by atoms with van der Waals surface area (Å²) >= 11 is 0. The Bertz CT molecular complexity index is 690. The molecule has 0 radical (unpaired) electrons. The molecule has 1 heterocycles. The number of ketones is 1. The van der Waals surface area contributed by atoms with E-state index in [1.54, 1.807) is 14.0 Å². The molecular weight excluding hydrogens is 384 g/mol. The van der Waals surface area contributed by atoms with Crippen LogP contribution >= 0.6 is 0 Å². The van der Waals surface area contributed by atoms with Gasteiger partial charge in [-0.25, -0.2) is 0 Å². The van der Waals surface area contributed by atoms with Crippen molar-refractivity contribution in [1.82, 2.24) is 0 Å². The van der Waals surface area contributed by atoms with Crippen molar-refractivity contribution in [1.29, 1.82) is 0 Å². The van der Waals surface area contributed by atoms with Crippen LogP contribution in [0, 0.1) is 0 Å². The number of carbonyl (C=O) groups excluding carboxylic acids is 1. The molecule has 0 amide bonds. The maximum atomic E-state index is 11.5. The molecule has 0 unspecified atom stereocenters. The highest BCUT2D eigenvalue weighted by Gasteiger charge is 2.39. The fourth-order valence-corrected chi connectivity index (χ4v) is 3.84. The molecule has 3 atom stereocenters. The Hall–Kier alpha value is -1.47. The second-order valence-corrected chi connectivity index (χ2v) is 14.0. The van der Waals surface area contributed by atoms with E-state index < -0.39 is 8.32 Å². The minimum absolute atomic E-state index is 0.112. The van der Waals surface area contributed by atoms with Crippen molar-refractivity contribution in [2.45, 2.75) is 77.2 Å². The molecule has 1 aliphatic rings. The second-order valence-electron chi connectivity index (χ2n) is 9.20. The van der Waals surface area contributed by atoms with Crippen molar-refractivity contribution in [3.63, 3.8) is 0 Å². The Balaban J connectivity index is 2.05. The summed E-state index contributed by atoms with van der Waals surface area (Å²) in [4.78, 5) is 11.5. The number of hydrogen-bond acceptors (Lipinski definition) is 5. The highest BCUT2D eigenvalue weighted by atomic mass is 28.4. The summed E-state index contributed by atoms with van der Waals surface area (Å²) in [6.07, 6.45) is 3.64. The third-order valence-electron chi connectivity index (χ3n) is 5.74. The molecule has 0 fully saturated rings. The van der Waals surface area contributed by atoms with Gasteiger partial charge in [0, 0.05) is 6.42 Å². The van der Waals surface area contributed by atoms with Crippen molar-refractivity contribution < 1.29 is 23.4 Å². The van der Waals surface area contributed by atoms with Gasteiger partial charge in [0.1, 0.15) is 23.7 Å². The lowest BCUT2D eigenvalue weighted by molar-refractivity contribution is -0.127. The molecule has 2 rings (SSSR count). The summed E-state index contributed by atoms with van der Waals surface area (Å²) in [5.74, 6) is 0.934. The standard InChI is InChI=1S/C23H36O5Si/c1-17(24)14-20-12-13-21(26-15-18-8-10-19(25-5)11-9-18)22(28-20)16-27-29(6,7)23(2,3)4/h8-13,20-22H,14-16H2,1-7H3/t20-,21+,22-/m1/s1. The Morgan fingerprint density at radius 2 is 1.79 bits per heavy atom. The summed E-state index contributed by atoms with van der Waals surface area (Å²) in [5.41, 5.74) is 1.06. The Morgan fingerprint density at radius 3 is 2.34 bits per heavy atom. The average molecular weight is 421 g/mol. The van der Waals surface area contributed by atoms with Gasteiger partial charge in [-0.3, -0.25) is 4.79 Å². The summed E-state index contributed by atoms with van der Waals surface area (Å²) in [7, 11) is -0.258. The molecular formula is C23H36O5Si. The first kappa shape index (κ1) is 23.8. The van der Waals surface area contributed by atoms with Crippen molar-refractivity contribution in [2.24, 2.45) is 0 Å². The summed E-state index contributed by atoms with van der Waals surface area (Å²) in [6.45, 7) is 13.6. The van der Waals surface area contributed by atoms with E-state index >= 15 is 0 Å². The summed E-state index contributed by atoms with van der Waals surface area (Å²) in [5, 5.41) is 0.121. The SMILES string of the molecule is COc1ccc(CO[C@H]2C=C[C@H](CC(C)=O)O[C@@H]2CO[Si](C)(C)C(C)(C)C)cc1. The van der Waals surface area contributed by atoms with Crippen LogP contribution in [0.1, 0.15) is 39.7 Å². The molecule has 0 bridgehead atoms. The molecule has 0 N–H and O–H groups in total. The molecule has 1 aromatic carbocycles. The molecule has 29 heavy (non-hydrogen) atoms. The van der Waals surface area contributed by atoms with Crippen molar-refractivity contribution >= 4 is 14.1 Å². The Morgan fingerprint density at radius 1 is 1.14 bits per heavy atom. The molecule has 0 saturated heterocycles. The van der Waals surface area contributed by atoms with E-state index in [1.807, 2.05) is 36.4 Å². The first-order valence-electron chi connectivity index (χ1n) is 10.2. The van der Waals surface area contributed by atoms with Crippen LogP contribution < -0.4 is 4.74 Å². The van der Waals surface area contributed by atoms with Crippen molar-refractivity contribution in [3.05, 3.63) is 42.0 Å². The van der Waals surface area contributed by atoms with Gasteiger partial charge in [-0.2, -0.15) is 0 Å². The van der Waals surface area contributed by atoms with Gasteiger partial charge >= 0.3 is 0 Å². The third-order valence-corrected chi connectivity index (χ3v) is 10.2. The number of hydrogen-bond donors (Lipinski definition) is 0. The van der Waals surface area contributed by atoms with Gasteiger partial charge < -0.3 is 18.6 Å². The lowest BCUT2D eigenvalue weighted by Crippen LogP contribution is -2.47. The summed E-state index contributed by atoms with van der Waals surface area (Å²) < 4.78 is 23.9. The quantitative estimate of drug-likeness (QED) is 0.420. The topological polar surface area (TPSA) is 54.0 Å². The largest absolute Gasteiger partial charge is 0.497 e. The van der Waals surface area contributed by atoms with Crippen LogP contribution in [0.15, 0.2) is 36.4 Å². The lowest BCUT2D eigenvalue weighted by atomic mass is 10.1. The molecule has 0 aliphatic carbocycles. The van der Waals surface area contributed by atoms with Gasteiger partial charge in [0.25, 0.3) is 0 Å². The average Bonchev–Trinajstić information content (AvgIpc) is 2.64. The number of carbonyl (C=O) groups is 1. The minimum atomic E-state index is -1.91. The van der Waals surface area contributed by atoms with Gasteiger partial charge in [-0.15, -0.1) is 0 Å². The molecule has 162 valence electrons. The zero-order valence-corrected chi connectivity index (χ0v) is 19.9. The van der Waals surface area contributed by atoms with Crippen LogP contribution in [0.3, 0.4) is 0 Å². The van der Waals surface area contributed by atoms with E-state index in [4.69, 9.17) is 18.6 Å². The zero-order chi connectivity index (χ0) is 21.7. The van der Waals surface area contributed by atoms with E-state index in [0.29, 0.717) is 19.6 Å². The molecule has 1 aromatic rings. The highest BCUT2D eigenvalue weighted by Crippen LogP contribution is 2.37. The second kappa shape index (κ2) is 10.0. The van der Waals surface area contributed by atoms with E-state index in [1.165, 1.54) is 0 Å². The molecule has 6 heteroatoms. The number of Topliss-reactive ketones (excluding diaryl/α,β-unsaturated/α-hetero) is 1. The number of methoxy groups -OCH3 is 1. The van der Waals surface area contributed by atoms with Crippen LogP contribution in [-0.4, -0.2) is 46.1 Å². The van der Waals surface area contributed by atoms with E-state index in [-0.39, 0.29) is 29.1 Å². The maximum Gasteiger partial charge on any atom is 0.192 e. The van der Waals surface area contributed by atoms with Crippen LogP contribution in [0.4, 0.5) is 0 Å². The van der Waals surface area contributed by atoms with Crippen LogP contribution in [0.25, 0.3) is 0 Å². The van der Waals surface area contributed by atoms with Crippen LogP contribution in [0.2, 0.25) is 18.1 Å². The zero-order valence-electron chi connectivity index (χ0n) is 18.9. The van der Waals surface area contributed by atoms with Crippen molar-refractivity contribution in [3.8, 4) is 5.75 Å². The fraction of sp³-hybridized carbons (Fsp3) is 0.609. The minimum Gasteiger partial charge on any atom is -0.497 e. The normalized spacial score (nSPS) is 22.5. The van der Waals surface area contributed by atoms with Crippen LogP contribution in [0.5, 0.6) is 5.75 Å². The number of benzene rings is 1. The Labute approximate surface area is 176 Å². The number of rotatable bonds is 9. The molecule has 5 nitrogen and oxygen atoms in total. The van der Waals surface area contributed by atoms with Crippen LogP contribution in [-0.2, 0) is 25.3 Å². The maximum absolute atomic E-state index is 11.5. The first-order valence-corrected chi connectivity index (χ1v) is 13.1. The summed E-state index contributed by atoms with van der Waals surface area (Å²) in [6, 6.07) is 7.83. The van der Waals surface area contributed by atoms with Gasteiger partial charge in [0.15, 0.2) is 8.32 Å². The fourth-order valence-electron chi connectivity index (χ4n) is 2.82. The van der Waals surface area contributed by atoms with E-state index in [2.05, 4.69) is 33.9 Å². The van der Waals surface area contributed by atoms with Crippen molar-refractivity contribution in [2.75, 3.05) is 13.7 Å². The van der Waals surface area contributed by atoms with E-state index in [9.17, 15) is 4.79 Å². The van der Waals surface area contributed by atoms with Gasteiger partial charge in [-0.05, 0) is 42.8 Å².